The molecule has 0 amide bonds. The Hall–Kier alpha value is -1.03. The molecule has 0 aliphatic heterocycles. The summed E-state index contributed by atoms with van der Waals surface area (Å²) in [6.45, 7) is 7.17. The van der Waals surface area contributed by atoms with Crippen LogP contribution in [0.5, 0.6) is 5.75 Å². The van der Waals surface area contributed by atoms with Crippen LogP contribution < -0.4 is 10.1 Å². The van der Waals surface area contributed by atoms with Gasteiger partial charge in [-0.1, -0.05) is 24.6 Å². The fraction of sp³-hybridized carbons (Fsp3) is 0.375. The van der Waals surface area contributed by atoms with E-state index in [1.165, 1.54) is 16.0 Å². The molecule has 1 aromatic carbocycles. The highest BCUT2D eigenvalue weighted by molar-refractivity contribution is 7.10. The predicted molar refractivity (Wildman–Crippen MR) is 87.3 cm³/mol. The van der Waals surface area contributed by atoms with Crippen LogP contribution in [0, 0.1) is 13.8 Å². The molecule has 20 heavy (non-hydrogen) atoms. The van der Waals surface area contributed by atoms with E-state index in [1.807, 2.05) is 17.5 Å². The summed E-state index contributed by atoms with van der Waals surface area (Å²) in [5, 5.41) is 6.36. The molecule has 2 nitrogen and oxygen atoms in total. The van der Waals surface area contributed by atoms with Gasteiger partial charge in [0.2, 0.25) is 0 Å². The third-order valence-corrected chi connectivity index (χ3v) is 4.76. The van der Waals surface area contributed by atoms with Crippen molar-refractivity contribution in [2.75, 3.05) is 13.7 Å². The first-order chi connectivity index (χ1) is 9.58. The van der Waals surface area contributed by atoms with Crippen LogP contribution in [-0.2, 0) is 0 Å². The minimum Gasteiger partial charge on any atom is -0.496 e. The van der Waals surface area contributed by atoms with E-state index in [9.17, 15) is 0 Å². The maximum Gasteiger partial charge on any atom is 0.134 e. The summed E-state index contributed by atoms with van der Waals surface area (Å²) < 4.78 is 5.46. The number of benzene rings is 1. The van der Waals surface area contributed by atoms with Crippen LogP contribution in [0.15, 0.2) is 23.6 Å². The lowest BCUT2D eigenvalue weighted by Gasteiger charge is -2.21. The number of thiophene rings is 1. The van der Waals surface area contributed by atoms with Gasteiger partial charge in [0.1, 0.15) is 5.75 Å². The Morgan fingerprint density at radius 1 is 1.30 bits per heavy atom. The number of hydrogen-bond donors (Lipinski definition) is 1. The number of rotatable bonds is 5. The minimum absolute atomic E-state index is 0.0711. The summed E-state index contributed by atoms with van der Waals surface area (Å²) in [5.74, 6) is 0.912. The molecule has 1 atom stereocenters. The molecule has 2 aromatic rings. The second-order valence-corrected chi connectivity index (χ2v) is 6.16. The topological polar surface area (TPSA) is 21.3 Å². The SMILES string of the molecule is CCNC(c1cc(C)c(C)cc1Cl)c1sccc1OC. The van der Waals surface area contributed by atoms with Crippen LogP contribution in [0.1, 0.15) is 34.5 Å². The maximum absolute atomic E-state index is 6.47. The van der Waals surface area contributed by atoms with Crippen molar-refractivity contribution in [3.05, 3.63) is 50.2 Å². The highest BCUT2D eigenvalue weighted by atomic mass is 35.5. The van der Waals surface area contributed by atoms with Crippen molar-refractivity contribution in [3.63, 3.8) is 0 Å². The van der Waals surface area contributed by atoms with E-state index >= 15 is 0 Å². The summed E-state index contributed by atoms with van der Waals surface area (Å²) in [6.07, 6.45) is 0. The number of aryl methyl sites for hydroxylation is 2. The molecule has 0 radical (unpaired) electrons. The largest absolute Gasteiger partial charge is 0.496 e. The van der Waals surface area contributed by atoms with Gasteiger partial charge in [-0.15, -0.1) is 11.3 Å². The normalized spacial score (nSPS) is 12.4. The van der Waals surface area contributed by atoms with E-state index in [0.717, 1.165) is 22.9 Å². The summed E-state index contributed by atoms with van der Waals surface area (Å²) in [4.78, 5) is 1.17. The molecular weight excluding hydrogens is 290 g/mol. The van der Waals surface area contributed by atoms with Crippen molar-refractivity contribution >= 4 is 22.9 Å². The van der Waals surface area contributed by atoms with E-state index in [-0.39, 0.29) is 6.04 Å². The molecule has 0 aliphatic rings. The van der Waals surface area contributed by atoms with Gasteiger partial charge in [-0.2, -0.15) is 0 Å². The molecule has 1 N–H and O–H groups in total. The highest BCUT2D eigenvalue weighted by Crippen LogP contribution is 2.38. The zero-order valence-electron chi connectivity index (χ0n) is 12.3. The standard InChI is InChI=1S/C16H20ClNOS/c1-5-18-15(16-14(19-4)6-7-20-16)12-8-10(2)11(3)9-13(12)17/h6-9,15,18H,5H2,1-4H3. The van der Waals surface area contributed by atoms with Crippen LogP contribution in [0.2, 0.25) is 5.02 Å². The Balaban J connectivity index is 2.51. The van der Waals surface area contributed by atoms with Gasteiger partial charge >= 0.3 is 0 Å². The fourth-order valence-corrected chi connectivity index (χ4v) is 3.54. The van der Waals surface area contributed by atoms with E-state index in [4.69, 9.17) is 16.3 Å². The van der Waals surface area contributed by atoms with Gasteiger partial charge in [0.05, 0.1) is 18.0 Å². The molecule has 0 fully saturated rings. The summed E-state index contributed by atoms with van der Waals surface area (Å²) in [6, 6.07) is 6.28. The van der Waals surface area contributed by atoms with Crippen molar-refractivity contribution in [2.45, 2.75) is 26.8 Å². The quantitative estimate of drug-likeness (QED) is 0.862. The summed E-state index contributed by atoms with van der Waals surface area (Å²) >= 11 is 8.16. The number of methoxy groups -OCH3 is 1. The van der Waals surface area contributed by atoms with Crippen molar-refractivity contribution in [1.82, 2.24) is 5.32 Å². The van der Waals surface area contributed by atoms with Gasteiger partial charge in [0, 0.05) is 5.02 Å². The van der Waals surface area contributed by atoms with Gasteiger partial charge in [0.15, 0.2) is 0 Å². The molecule has 0 aliphatic carbocycles. The van der Waals surface area contributed by atoms with Crippen LogP contribution in [-0.4, -0.2) is 13.7 Å². The minimum atomic E-state index is 0.0711. The average molecular weight is 310 g/mol. The van der Waals surface area contributed by atoms with Crippen molar-refractivity contribution in [3.8, 4) is 5.75 Å². The van der Waals surface area contributed by atoms with Crippen LogP contribution >= 0.6 is 22.9 Å². The Morgan fingerprint density at radius 2 is 2.00 bits per heavy atom. The lowest BCUT2D eigenvalue weighted by atomic mass is 9.99. The number of ether oxygens (including phenoxy) is 1. The molecule has 1 heterocycles. The molecule has 2 rings (SSSR count). The Bertz CT molecular complexity index is 594. The zero-order valence-corrected chi connectivity index (χ0v) is 13.9. The Labute approximate surface area is 129 Å². The van der Waals surface area contributed by atoms with Gasteiger partial charge in [-0.3, -0.25) is 0 Å². The van der Waals surface area contributed by atoms with Crippen molar-refractivity contribution in [2.24, 2.45) is 0 Å². The fourth-order valence-electron chi connectivity index (χ4n) is 2.26. The Kier molecular flexibility index (Phi) is 5.08. The monoisotopic (exact) mass is 309 g/mol. The van der Waals surface area contributed by atoms with E-state index in [2.05, 4.69) is 32.2 Å². The lowest BCUT2D eigenvalue weighted by molar-refractivity contribution is 0.408. The predicted octanol–water partition coefficient (Wildman–Crippen LogP) is 4.73. The van der Waals surface area contributed by atoms with E-state index in [0.29, 0.717) is 0 Å². The average Bonchev–Trinajstić information content (AvgIpc) is 2.88. The smallest absolute Gasteiger partial charge is 0.134 e. The van der Waals surface area contributed by atoms with Gasteiger partial charge in [0.25, 0.3) is 0 Å². The number of nitrogens with one attached hydrogen (secondary N) is 1. The first-order valence-corrected chi connectivity index (χ1v) is 7.95. The first-order valence-electron chi connectivity index (χ1n) is 6.69. The van der Waals surface area contributed by atoms with Gasteiger partial charge < -0.3 is 10.1 Å². The lowest BCUT2D eigenvalue weighted by Crippen LogP contribution is -2.22. The molecule has 1 aromatic heterocycles. The zero-order chi connectivity index (χ0) is 14.7. The van der Waals surface area contributed by atoms with Gasteiger partial charge in [-0.25, -0.2) is 0 Å². The third-order valence-electron chi connectivity index (χ3n) is 3.47. The molecule has 0 bridgehead atoms. The molecule has 0 saturated carbocycles. The molecule has 1 unspecified atom stereocenters. The summed E-state index contributed by atoms with van der Waals surface area (Å²) in [5.41, 5.74) is 3.58. The van der Waals surface area contributed by atoms with Crippen LogP contribution in [0.25, 0.3) is 0 Å². The molecule has 0 spiro atoms. The van der Waals surface area contributed by atoms with Crippen LogP contribution in [0.4, 0.5) is 0 Å². The molecule has 108 valence electrons. The molecule has 4 heteroatoms. The van der Waals surface area contributed by atoms with E-state index < -0.39 is 0 Å². The molecular formula is C16H20ClNOS. The van der Waals surface area contributed by atoms with Crippen molar-refractivity contribution < 1.29 is 4.74 Å². The number of hydrogen-bond acceptors (Lipinski definition) is 3. The Morgan fingerprint density at radius 3 is 2.65 bits per heavy atom. The maximum atomic E-state index is 6.47. The first kappa shape index (κ1) is 15.4. The van der Waals surface area contributed by atoms with Gasteiger partial charge in [-0.05, 0) is 54.6 Å². The third kappa shape index (κ3) is 3.00. The second-order valence-electron chi connectivity index (χ2n) is 4.80. The highest BCUT2D eigenvalue weighted by Gasteiger charge is 2.21. The second kappa shape index (κ2) is 6.61. The molecule has 0 saturated heterocycles. The number of halogens is 1. The van der Waals surface area contributed by atoms with Crippen LogP contribution in [0.3, 0.4) is 0 Å². The van der Waals surface area contributed by atoms with Crippen molar-refractivity contribution in [1.29, 1.82) is 0 Å². The van der Waals surface area contributed by atoms with E-state index in [1.54, 1.807) is 18.4 Å². The summed E-state index contributed by atoms with van der Waals surface area (Å²) in [7, 11) is 1.70.